The number of aromatic nitrogens is 2. The van der Waals surface area contributed by atoms with Gasteiger partial charge in [0, 0.05) is 34.7 Å². The Morgan fingerprint density at radius 3 is 2.47 bits per heavy atom. The Balaban J connectivity index is 1.33. The van der Waals surface area contributed by atoms with Gasteiger partial charge in [0.2, 0.25) is 5.01 Å². The van der Waals surface area contributed by atoms with Crippen LogP contribution < -0.4 is 10.1 Å². The minimum Gasteiger partial charge on any atom is -0.484 e. The Morgan fingerprint density at radius 1 is 1.06 bits per heavy atom. The molecule has 1 aromatic heterocycles. The lowest BCUT2D eigenvalue weighted by atomic mass is 9.99. The first-order valence-corrected chi connectivity index (χ1v) is 11.6. The van der Waals surface area contributed by atoms with E-state index in [-0.39, 0.29) is 29.3 Å². The molecule has 32 heavy (non-hydrogen) atoms. The zero-order valence-electron chi connectivity index (χ0n) is 17.0. The van der Waals surface area contributed by atoms with Crippen molar-refractivity contribution in [3.8, 4) is 5.75 Å². The molecule has 1 atom stereocenters. The summed E-state index contributed by atoms with van der Waals surface area (Å²) < 4.78 is 5.58. The number of rotatable bonds is 6. The third kappa shape index (κ3) is 5.76. The number of anilines is 1. The molecule has 1 saturated heterocycles. The fourth-order valence-corrected chi connectivity index (χ4v) is 4.50. The molecule has 7 nitrogen and oxygen atoms in total. The van der Waals surface area contributed by atoms with Crippen molar-refractivity contribution in [2.24, 2.45) is 0 Å². The van der Waals surface area contributed by atoms with Crippen molar-refractivity contribution in [1.82, 2.24) is 15.1 Å². The Hall–Kier alpha value is -2.68. The number of nitrogens with one attached hydrogen (secondary N) is 1. The summed E-state index contributed by atoms with van der Waals surface area (Å²) in [7, 11) is 0. The van der Waals surface area contributed by atoms with E-state index in [0.29, 0.717) is 34.6 Å². The van der Waals surface area contributed by atoms with E-state index in [1.54, 1.807) is 53.4 Å². The van der Waals surface area contributed by atoms with Gasteiger partial charge in [0.05, 0.1) is 0 Å². The molecule has 0 bridgehead atoms. The quantitative estimate of drug-likeness (QED) is 0.531. The molecule has 1 aliphatic rings. The van der Waals surface area contributed by atoms with Gasteiger partial charge in [-0.05, 0) is 61.4 Å². The molecule has 4 rings (SSSR count). The Bertz CT molecular complexity index is 1090. The number of amides is 2. The topological polar surface area (TPSA) is 84.4 Å². The van der Waals surface area contributed by atoms with Crippen LogP contribution >= 0.6 is 34.5 Å². The number of carbonyl (C=O) groups is 2. The summed E-state index contributed by atoms with van der Waals surface area (Å²) in [5, 5.41) is 13.3. The zero-order chi connectivity index (χ0) is 22.5. The van der Waals surface area contributed by atoms with E-state index < -0.39 is 0 Å². The molecule has 2 aromatic carbocycles. The molecule has 0 radical (unpaired) electrons. The van der Waals surface area contributed by atoms with Gasteiger partial charge < -0.3 is 15.0 Å². The smallest absolute Gasteiger partial charge is 0.286 e. The van der Waals surface area contributed by atoms with Crippen LogP contribution in [0.15, 0.2) is 48.5 Å². The number of likely N-dealkylation sites (tertiary alicyclic amines) is 1. The van der Waals surface area contributed by atoms with Crippen LogP contribution in [0, 0.1) is 0 Å². The van der Waals surface area contributed by atoms with Crippen LogP contribution in [0.4, 0.5) is 5.69 Å². The second-order valence-electron chi connectivity index (χ2n) is 7.33. The summed E-state index contributed by atoms with van der Waals surface area (Å²) in [6.45, 7) is 1.15. The van der Waals surface area contributed by atoms with Gasteiger partial charge >= 0.3 is 0 Å². The second kappa shape index (κ2) is 10.3. The number of nitrogens with zero attached hydrogens (tertiary/aromatic N) is 3. The Labute approximate surface area is 199 Å². The number of piperidine rings is 1. The fraction of sp³-hybridized carbons (Fsp3) is 0.273. The molecule has 1 unspecified atom stereocenters. The maximum atomic E-state index is 12.6. The average molecular weight is 491 g/mol. The summed E-state index contributed by atoms with van der Waals surface area (Å²) >= 11 is 13.0. The van der Waals surface area contributed by atoms with Gasteiger partial charge in [0.1, 0.15) is 10.8 Å². The van der Waals surface area contributed by atoms with Crippen molar-refractivity contribution in [2.45, 2.75) is 18.8 Å². The number of hydrogen-bond acceptors (Lipinski definition) is 6. The third-order valence-corrected chi connectivity index (χ3v) is 6.62. The lowest BCUT2D eigenvalue weighted by Crippen LogP contribution is -2.41. The average Bonchev–Trinajstić information content (AvgIpc) is 3.31. The largest absolute Gasteiger partial charge is 0.484 e. The molecular formula is C22H20Cl2N4O3S. The lowest BCUT2D eigenvalue weighted by Gasteiger charge is -2.31. The molecule has 3 aromatic rings. The third-order valence-electron chi connectivity index (χ3n) is 5.04. The van der Waals surface area contributed by atoms with Crippen molar-refractivity contribution in [3.63, 3.8) is 0 Å². The molecular weight excluding hydrogens is 471 g/mol. The van der Waals surface area contributed by atoms with E-state index in [0.717, 1.165) is 17.8 Å². The van der Waals surface area contributed by atoms with Crippen LogP contribution in [-0.2, 0) is 4.79 Å². The Kier molecular flexibility index (Phi) is 7.24. The summed E-state index contributed by atoms with van der Waals surface area (Å²) in [6.07, 6.45) is 1.73. The van der Waals surface area contributed by atoms with Crippen molar-refractivity contribution >= 4 is 52.0 Å². The number of hydrogen-bond donors (Lipinski definition) is 1. The second-order valence-corrected chi connectivity index (χ2v) is 9.21. The predicted molar refractivity (Wildman–Crippen MR) is 125 cm³/mol. The summed E-state index contributed by atoms with van der Waals surface area (Å²) in [6, 6.07) is 13.7. The van der Waals surface area contributed by atoms with Crippen LogP contribution in [0.1, 0.15) is 33.6 Å². The minimum absolute atomic E-state index is 0.0396. The predicted octanol–water partition coefficient (Wildman–Crippen LogP) is 4.88. The van der Waals surface area contributed by atoms with Crippen molar-refractivity contribution in [2.75, 3.05) is 25.0 Å². The van der Waals surface area contributed by atoms with E-state index in [2.05, 4.69) is 15.5 Å². The van der Waals surface area contributed by atoms with Gasteiger partial charge in [-0.1, -0.05) is 34.5 Å². The van der Waals surface area contributed by atoms with Gasteiger partial charge in [0.25, 0.3) is 11.8 Å². The van der Waals surface area contributed by atoms with Gasteiger partial charge in [-0.2, -0.15) is 0 Å². The summed E-state index contributed by atoms with van der Waals surface area (Å²) in [5.41, 5.74) is 0.631. The van der Waals surface area contributed by atoms with E-state index >= 15 is 0 Å². The van der Waals surface area contributed by atoms with Crippen molar-refractivity contribution in [1.29, 1.82) is 0 Å². The van der Waals surface area contributed by atoms with Crippen molar-refractivity contribution < 1.29 is 14.3 Å². The number of benzene rings is 2. The van der Waals surface area contributed by atoms with E-state index in [9.17, 15) is 9.59 Å². The first-order valence-electron chi connectivity index (χ1n) is 10.0. The molecule has 1 N–H and O–H groups in total. The van der Waals surface area contributed by atoms with Gasteiger partial charge in [0.15, 0.2) is 6.61 Å². The van der Waals surface area contributed by atoms with Gasteiger partial charge in [-0.25, -0.2) is 0 Å². The first-order chi connectivity index (χ1) is 15.5. The highest BCUT2D eigenvalue weighted by atomic mass is 35.5. The standard InChI is InChI=1S/C22H20Cl2N4O3S/c23-15-3-7-17(8-4-15)25-20(30)22-27-26-21(32-22)14-2-1-11-28(12-14)19(29)13-31-18-9-5-16(24)6-10-18/h3-10,14H,1-2,11-13H2,(H,25,30). The molecule has 0 saturated carbocycles. The highest BCUT2D eigenvalue weighted by Gasteiger charge is 2.28. The maximum Gasteiger partial charge on any atom is 0.286 e. The SMILES string of the molecule is O=C(Nc1ccc(Cl)cc1)c1nnc(C2CCCN(C(=O)COc3ccc(Cl)cc3)C2)s1. The molecule has 2 heterocycles. The lowest BCUT2D eigenvalue weighted by molar-refractivity contribution is -0.134. The van der Waals surface area contributed by atoms with E-state index in [1.165, 1.54) is 11.3 Å². The van der Waals surface area contributed by atoms with Crippen LogP contribution in [0.5, 0.6) is 5.75 Å². The highest BCUT2D eigenvalue weighted by Crippen LogP contribution is 2.29. The minimum atomic E-state index is -0.323. The summed E-state index contributed by atoms with van der Waals surface area (Å²) in [5.74, 6) is 0.223. The van der Waals surface area contributed by atoms with Crippen LogP contribution in [0.2, 0.25) is 10.0 Å². The highest BCUT2D eigenvalue weighted by molar-refractivity contribution is 7.13. The van der Waals surface area contributed by atoms with E-state index in [4.69, 9.17) is 27.9 Å². The number of ether oxygens (including phenoxy) is 1. The van der Waals surface area contributed by atoms with Gasteiger partial charge in [-0.15, -0.1) is 10.2 Å². The molecule has 166 valence electrons. The number of halogens is 2. The molecule has 2 amide bonds. The van der Waals surface area contributed by atoms with Gasteiger partial charge in [-0.3, -0.25) is 9.59 Å². The van der Waals surface area contributed by atoms with E-state index in [1.807, 2.05) is 0 Å². The number of carbonyl (C=O) groups excluding carboxylic acids is 2. The van der Waals surface area contributed by atoms with Crippen LogP contribution in [-0.4, -0.2) is 46.6 Å². The normalized spacial score (nSPS) is 15.9. The Morgan fingerprint density at radius 2 is 1.75 bits per heavy atom. The zero-order valence-corrected chi connectivity index (χ0v) is 19.3. The molecule has 10 heteroatoms. The first kappa shape index (κ1) is 22.5. The van der Waals surface area contributed by atoms with Crippen LogP contribution in [0.25, 0.3) is 0 Å². The molecule has 1 aliphatic heterocycles. The molecule has 0 aliphatic carbocycles. The monoisotopic (exact) mass is 490 g/mol. The maximum absolute atomic E-state index is 12.6. The van der Waals surface area contributed by atoms with Crippen molar-refractivity contribution in [3.05, 3.63) is 68.6 Å². The van der Waals surface area contributed by atoms with Crippen LogP contribution in [0.3, 0.4) is 0 Å². The molecule has 1 fully saturated rings. The molecule has 0 spiro atoms. The summed E-state index contributed by atoms with van der Waals surface area (Å²) in [4.78, 5) is 26.9. The fourth-order valence-electron chi connectivity index (χ4n) is 3.38.